The standard InChI is InChI=1S/C10H15NO/c1-8(2)11-7-12-10-6-4-3-5-9(10)11/h4,6,8H,3,5,7H2,1-2H3. The molecule has 0 bridgehead atoms. The number of ether oxygens (including phenoxy) is 1. The van der Waals surface area contributed by atoms with Gasteiger partial charge in [-0.15, -0.1) is 0 Å². The molecule has 1 heterocycles. The maximum atomic E-state index is 5.55. The lowest BCUT2D eigenvalue weighted by Gasteiger charge is -2.24. The average molecular weight is 165 g/mol. The van der Waals surface area contributed by atoms with Crippen LogP contribution in [0.15, 0.2) is 23.6 Å². The van der Waals surface area contributed by atoms with Crippen molar-refractivity contribution in [3.05, 3.63) is 23.6 Å². The fraction of sp³-hybridized carbons (Fsp3) is 0.600. The molecule has 2 heteroatoms. The van der Waals surface area contributed by atoms with E-state index in [1.165, 1.54) is 5.70 Å². The summed E-state index contributed by atoms with van der Waals surface area (Å²) in [6.07, 6.45) is 6.58. The van der Waals surface area contributed by atoms with Gasteiger partial charge in [-0.25, -0.2) is 0 Å². The van der Waals surface area contributed by atoms with E-state index >= 15 is 0 Å². The topological polar surface area (TPSA) is 12.5 Å². The van der Waals surface area contributed by atoms with E-state index in [1.807, 2.05) is 0 Å². The van der Waals surface area contributed by atoms with Crippen LogP contribution < -0.4 is 0 Å². The summed E-state index contributed by atoms with van der Waals surface area (Å²) >= 11 is 0. The molecule has 0 saturated heterocycles. The van der Waals surface area contributed by atoms with E-state index in [1.54, 1.807) is 0 Å². The molecule has 0 saturated carbocycles. The van der Waals surface area contributed by atoms with E-state index in [0.29, 0.717) is 6.04 Å². The summed E-state index contributed by atoms with van der Waals surface area (Å²) in [6, 6.07) is 0.559. The van der Waals surface area contributed by atoms with E-state index in [0.717, 1.165) is 25.3 Å². The lowest BCUT2D eigenvalue weighted by atomic mass is 10.1. The highest BCUT2D eigenvalue weighted by molar-refractivity contribution is 5.26. The highest BCUT2D eigenvalue weighted by Crippen LogP contribution is 2.30. The molecule has 0 aromatic rings. The van der Waals surface area contributed by atoms with Crippen LogP contribution in [0.1, 0.15) is 26.7 Å². The molecular weight excluding hydrogens is 150 g/mol. The largest absolute Gasteiger partial charge is 0.471 e. The van der Waals surface area contributed by atoms with Gasteiger partial charge in [0.25, 0.3) is 0 Å². The van der Waals surface area contributed by atoms with Crippen LogP contribution in [0, 0.1) is 0 Å². The molecule has 0 N–H and O–H groups in total. The molecule has 2 nitrogen and oxygen atoms in total. The van der Waals surface area contributed by atoms with Gasteiger partial charge in [0.1, 0.15) is 5.76 Å². The first kappa shape index (κ1) is 7.71. The van der Waals surface area contributed by atoms with E-state index in [-0.39, 0.29) is 0 Å². The van der Waals surface area contributed by atoms with Crippen LogP contribution in [-0.2, 0) is 4.74 Å². The normalized spacial score (nSPS) is 21.8. The van der Waals surface area contributed by atoms with Gasteiger partial charge in [-0.2, -0.15) is 0 Å². The molecule has 0 unspecified atom stereocenters. The summed E-state index contributed by atoms with van der Waals surface area (Å²) in [4.78, 5) is 2.33. The highest BCUT2D eigenvalue weighted by Gasteiger charge is 2.25. The molecule has 0 spiro atoms. The van der Waals surface area contributed by atoms with Crippen molar-refractivity contribution in [2.75, 3.05) is 6.73 Å². The molecule has 0 amide bonds. The monoisotopic (exact) mass is 165 g/mol. The number of nitrogens with zero attached hydrogens (tertiary/aromatic N) is 1. The fourth-order valence-electron chi connectivity index (χ4n) is 1.72. The Labute approximate surface area is 73.5 Å². The molecule has 0 atom stereocenters. The van der Waals surface area contributed by atoms with Crippen LogP contribution in [0.2, 0.25) is 0 Å². The van der Waals surface area contributed by atoms with Crippen LogP contribution >= 0.6 is 0 Å². The van der Waals surface area contributed by atoms with Crippen molar-refractivity contribution in [2.24, 2.45) is 0 Å². The number of hydrogen-bond acceptors (Lipinski definition) is 2. The van der Waals surface area contributed by atoms with E-state index in [9.17, 15) is 0 Å². The quantitative estimate of drug-likeness (QED) is 0.591. The zero-order chi connectivity index (χ0) is 8.55. The van der Waals surface area contributed by atoms with Gasteiger partial charge in [0, 0.05) is 6.04 Å². The summed E-state index contributed by atoms with van der Waals surface area (Å²) in [5, 5.41) is 0. The van der Waals surface area contributed by atoms with Gasteiger partial charge in [0.2, 0.25) is 0 Å². The Morgan fingerprint density at radius 1 is 1.50 bits per heavy atom. The fourth-order valence-corrected chi connectivity index (χ4v) is 1.72. The maximum Gasteiger partial charge on any atom is 0.161 e. The van der Waals surface area contributed by atoms with Crippen molar-refractivity contribution in [3.63, 3.8) is 0 Å². The molecule has 0 radical (unpaired) electrons. The predicted molar refractivity (Wildman–Crippen MR) is 48.3 cm³/mol. The molecule has 0 fully saturated rings. The Bertz CT molecular complexity index is 240. The molecule has 1 aliphatic heterocycles. The minimum atomic E-state index is 0.559. The van der Waals surface area contributed by atoms with E-state index < -0.39 is 0 Å². The second kappa shape index (κ2) is 2.85. The summed E-state index contributed by atoms with van der Waals surface area (Å²) in [6.45, 7) is 5.15. The first-order valence-corrected chi connectivity index (χ1v) is 4.58. The van der Waals surface area contributed by atoms with E-state index in [2.05, 4.69) is 30.9 Å². The zero-order valence-electron chi connectivity index (χ0n) is 7.71. The molecule has 66 valence electrons. The van der Waals surface area contributed by atoms with Crippen molar-refractivity contribution < 1.29 is 4.74 Å². The minimum Gasteiger partial charge on any atom is -0.471 e. The van der Waals surface area contributed by atoms with Gasteiger partial charge in [-0.1, -0.05) is 6.08 Å². The van der Waals surface area contributed by atoms with Gasteiger partial charge in [-0.3, -0.25) is 0 Å². The minimum absolute atomic E-state index is 0.559. The number of allylic oxidation sites excluding steroid dienone is 3. The summed E-state index contributed by atoms with van der Waals surface area (Å²) in [7, 11) is 0. The maximum absolute atomic E-state index is 5.55. The number of hydrogen-bond donors (Lipinski definition) is 0. The van der Waals surface area contributed by atoms with Crippen LogP contribution in [0.5, 0.6) is 0 Å². The van der Waals surface area contributed by atoms with Crippen LogP contribution in [0.25, 0.3) is 0 Å². The molecule has 0 aromatic carbocycles. The van der Waals surface area contributed by atoms with Crippen molar-refractivity contribution in [3.8, 4) is 0 Å². The van der Waals surface area contributed by atoms with Crippen LogP contribution in [-0.4, -0.2) is 17.7 Å². The predicted octanol–water partition coefficient (Wildman–Crippen LogP) is 2.25. The second-order valence-electron chi connectivity index (χ2n) is 3.59. The highest BCUT2D eigenvalue weighted by atomic mass is 16.5. The second-order valence-corrected chi connectivity index (χ2v) is 3.59. The Kier molecular flexibility index (Phi) is 1.83. The lowest BCUT2D eigenvalue weighted by Crippen LogP contribution is -2.27. The van der Waals surface area contributed by atoms with Crippen molar-refractivity contribution >= 4 is 0 Å². The van der Waals surface area contributed by atoms with Crippen LogP contribution in [0.4, 0.5) is 0 Å². The first-order valence-electron chi connectivity index (χ1n) is 4.58. The third kappa shape index (κ3) is 1.11. The third-order valence-electron chi connectivity index (χ3n) is 2.43. The van der Waals surface area contributed by atoms with Gasteiger partial charge >= 0.3 is 0 Å². The van der Waals surface area contributed by atoms with Crippen molar-refractivity contribution in [2.45, 2.75) is 32.7 Å². The van der Waals surface area contributed by atoms with Crippen LogP contribution in [0.3, 0.4) is 0 Å². The molecule has 2 aliphatic rings. The number of rotatable bonds is 1. The van der Waals surface area contributed by atoms with Gasteiger partial charge < -0.3 is 9.64 Å². The Balaban J connectivity index is 2.22. The van der Waals surface area contributed by atoms with Gasteiger partial charge in [0.15, 0.2) is 6.73 Å². The summed E-state index contributed by atoms with van der Waals surface area (Å²) in [5.74, 6) is 1.09. The smallest absolute Gasteiger partial charge is 0.161 e. The first-order chi connectivity index (χ1) is 5.79. The van der Waals surface area contributed by atoms with Gasteiger partial charge in [-0.05, 0) is 32.8 Å². The lowest BCUT2D eigenvalue weighted by molar-refractivity contribution is 0.133. The molecule has 1 aliphatic carbocycles. The molecule has 2 rings (SSSR count). The molecule has 12 heavy (non-hydrogen) atoms. The molecular formula is C10H15NO. The third-order valence-corrected chi connectivity index (χ3v) is 2.43. The van der Waals surface area contributed by atoms with Crippen molar-refractivity contribution in [1.29, 1.82) is 0 Å². The summed E-state index contributed by atoms with van der Waals surface area (Å²) < 4.78 is 5.55. The average Bonchev–Trinajstić information content (AvgIpc) is 2.47. The Hall–Kier alpha value is -0.920. The summed E-state index contributed by atoms with van der Waals surface area (Å²) in [5.41, 5.74) is 1.40. The van der Waals surface area contributed by atoms with E-state index in [4.69, 9.17) is 4.74 Å². The SMILES string of the molecule is CC(C)N1COC2=C1CCC=C2. The Morgan fingerprint density at radius 2 is 2.33 bits per heavy atom. The van der Waals surface area contributed by atoms with Gasteiger partial charge in [0.05, 0.1) is 5.70 Å². The van der Waals surface area contributed by atoms with Crippen molar-refractivity contribution in [1.82, 2.24) is 4.90 Å². The Morgan fingerprint density at radius 3 is 3.08 bits per heavy atom. The molecule has 0 aromatic heterocycles. The zero-order valence-corrected chi connectivity index (χ0v) is 7.71.